The zero-order chi connectivity index (χ0) is 22.0. The van der Waals surface area contributed by atoms with Crippen molar-refractivity contribution >= 4 is 17.0 Å². The SMILES string of the molecule is O=C(O)c1ccc(OCc2nc3ccc(C(F)(F)F)cc3nc2-c2ccccc2)cc1. The maximum absolute atomic E-state index is 13.1. The van der Waals surface area contributed by atoms with Gasteiger partial charge in [0, 0.05) is 5.56 Å². The summed E-state index contributed by atoms with van der Waals surface area (Å²) >= 11 is 0. The first kappa shape index (κ1) is 20.3. The minimum absolute atomic E-state index is 0.000603. The lowest BCUT2D eigenvalue weighted by Crippen LogP contribution is -2.07. The lowest BCUT2D eigenvalue weighted by Gasteiger charge is -2.13. The lowest BCUT2D eigenvalue weighted by molar-refractivity contribution is -0.137. The first-order valence-corrected chi connectivity index (χ1v) is 9.21. The van der Waals surface area contributed by atoms with Crippen molar-refractivity contribution in [1.29, 1.82) is 0 Å². The molecule has 0 aliphatic heterocycles. The number of carbonyl (C=O) groups is 1. The number of carboxylic acid groups (broad SMARTS) is 1. The number of rotatable bonds is 5. The van der Waals surface area contributed by atoms with E-state index in [4.69, 9.17) is 9.84 Å². The largest absolute Gasteiger partial charge is 0.487 e. The van der Waals surface area contributed by atoms with Crippen LogP contribution in [0.2, 0.25) is 0 Å². The molecule has 0 saturated carbocycles. The molecule has 1 N–H and O–H groups in total. The van der Waals surface area contributed by atoms with Gasteiger partial charge in [-0.15, -0.1) is 0 Å². The van der Waals surface area contributed by atoms with E-state index in [1.54, 1.807) is 24.3 Å². The van der Waals surface area contributed by atoms with Crippen LogP contribution in [0.3, 0.4) is 0 Å². The van der Waals surface area contributed by atoms with Gasteiger partial charge in [-0.2, -0.15) is 13.2 Å². The molecule has 4 aromatic rings. The molecule has 0 aliphatic rings. The fourth-order valence-corrected chi connectivity index (χ4v) is 3.04. The first-order valence-electron chi connectivity index (χ1n) is 9.21. The first-order chi connectivity index (χ1) is 14.8. The summed E-state index contributed by atoms with van der Waals surface area (Å²) in [4.78, 5) is 19.9. The van der Waals surface area contributed by atoms with Crippen LogP contribution in [0.5, 0.6) is 5.75 Å². The van der Waals surface area contributed by atoms with E-state index in [2.05, 4.69) is 9.97 Å². The van der Waals surface area contributed by atoms with Crippen LogP contribution in [0.25, 0.3) is 22.3 Å². The van der Waals surface area contributed by atoms with Crippen LogP contribution in [0, 0.1) is 0 Å². The van der Waals surface area contributed by atoms with Crippen molar-refractivity contribution in [1.82, 2.24) is 9.97 Å². The highest BCUT2D eigenvalue weighted by Crippen LogP contribution is 2.32. The van der Waals surface area contributed by atoms with Gasteiger partial charge in [0.2, 0.25) is 0 Å². The summed E-state index contributed by atoms with van der Waals surface area (Å²) in [6.07, 6.45) is -4.48. The second-order valence-electron chi connectivity index (χ2n) is 6.70. The Balaban J connectivity index is 1.73. The molecular formula is C23H15F3N2O3. The molecule has 0 spiro atoms. The normalized spacial score (nSPS) is 11.5. The molecule has 156 valence electrons. The third-order valence-corrected chi connectivity index (χ3v) is 4.59. The summed E-state index contributed by atoms with van der Waals surface area (Å²) in [5.74, 6) is -0.616. The predicted octanol–water partition coefficient (Wildman–Crippen LogP) is 5.59. The van der Waals surface area contributed by atoms with E-state index >= 15 is 0 Å². The van der Waals surface area contributed by atoms with Crippen LogP contribution in [-0.2, 0) is 12.8 Å². The Labute approximate surface area is 174 Å². The van der Waals surface area contributed by atoms with Crippen LogP contribution >= 0.6 is 0 Å². The highest BCUT2D eigenvalue weighted by Gasteiger charge is 2.30. The van der Waals surface area contributed by atoms with E-state index in [0.29, 0.717) is 28.2 Å². The van der Waals surface area contributed by atoms with E-state index in [1.165, 1.54) is 30.3 Å². The van der Waals surface area contributed by atoms with Gasteiger partial charge in [-0.25, -0.2) is 14.8 Å². The van der Waals surface area contributed by atoms with Crippen molar-refractivity contribution in [3.8, 4) is 17.0 Å². The third kappa shape index (κ3) is 4.48. The van der Waals surface area contributed by atoms with Gasteiger partial charge in [0.1, 0.15) is 18.1 Å². The fraction of sp³-hybridized carbons (Fsp3) is 0.0870. The van der Waals surface area contributed by atoms with Crippen LogP contribution in [0.15, 0.2) is 72.8 Å². The number of ether oxygens (including phenoxy) is 1. The molecule has 0 saturated heterocycles. The van der Waals surface area contributed by atoms with Crippen LogP contribution in [0.4, 0.5) is 13.2 Å². The minimum atomic E-state index is -4.48. The molecule has 0 fully saturated rings. The average Bonchev–Trinajstić information content (AvgIpc) is 2.77. The second-order valence-corrected chi connectivity index (χ2v) is 6.70. The quantitative estimate of drug-likeness (QED) is 0.452. The smallest absolute Gasteiger partial charge is 0.416 e. The fourth-order valence-electron chi connectivity index (χ4n) is 3.04. The summed E-state index contributed by atoms with van der Waals surface area (Å²) in [6, 6.07) is 18.1. The number of nitrogens with zero attached hydrogens (tertiary/aromatic N) is 2. The number of carboxylic acids is 1. The standard InChI is InChI=1S/C23H15F3N2O3/c24-23(25,26)16-8-11-18-19(12-16)28-21(14-4-2-1-3-5-14)20(27-18)13-31-17-9-6-15(7-10-17)22(29)30/h1-12H,13H2,(H,29,30). The molecule has 0 unspecified atom stereocenters. The van der Waals surface area contributed by atoms with Gasteiger partial charge in [0.05, 0.1) is 27.9 Å². The molecule has 3 aromatic carbocycles. The molecule has 1 heterocycles. The van der Waals surface area contributed by atoms with E-state index < -0.39 is 17.7 Å². The van der Waals surface area contributed by atoms with Crippen molar-refractivity contribution in [2.24, 2.45) is 0 Å². The van der Waals surface area contributed by atoms with Gasteiger partial charge in [-0.05, 0) is 42.5 Å². The number of hydrogen-bond donors (Lipinski definition) is 1. The van der Waals surface area contributed by atoms with E-state index in [9.17, 15) is 18.0 Å². The summed E-state index contributed by atoms with van der Waals surface area (Å²) in [7, 11) is 0. The number of hydrogen-bond acceptors (Lipinski definition) is 4. The molecule has 0 amide bonds. The predicted molar refractivity (Wildman–Crippen MR) is 108 cm³/mol. The molecule has 5 nitrogen and oxygen atoms in total. The van der Waals surface area contributed by atoms with E-state index in [1.807, 2.05) is 6.07 Å². The molecule has 0 atom stereocenters. The Kier molecular flexibility index (Phi) is 5.29. The Morgan fingerprint density at radius 1 is 0.903 bits per heavy atom. The molecule has 8 heteroatoms. The van der Waals surface area contributed by atoms with Crippen molar-refractivity contribution in [2.75, 3.05) is 0 Å². The van der Waals surface area contributed by atoms with Crippen LogP contribution in [0.1, 0.15) is 21.6 Å². The van der Waals surface area contributed by atoms with E-state index in [0.717, 1.165) is 12.1 Å². The van der Waals surface area contributed by atoms with E-state index in [-0.39, 0.29) is 17.7 Å². The molecule has 0 bridgehead atoms. The Bertz CT molecular complexity index is 1240. The summed E-state index contributed by atoms with van der Waals surface area (Å²) in [5, 5.41) is 8.99. The molecule has 31 heavy (non-hydrogen) atoms. The molecule has 1 aromatic heterocycles. The minimum Gasteiger partial charge on any atom is -0.487 e. The topological polar surface area (TPSA) is 72.3 Å². The molecule has 4 rings (SSSR count). The summed E-state index contributed by atoms with van der Waals surface area (Å²) in [5.41, 5.74) is 1.32. The maximum Gasteiger partial charge on any atom is 0.416 e. The monoisotopic (exact) mass is 424 g/mol. The average molecular weight is 424 g/mol. The van der Waals surface area contributed by atoms with Crippen molar-refractivity contribution < 1.29 is 27.8 Å². The van der Waals surface area contributed by atoms with Crippen LogP contribution in [-0.4, -0.2) is 21.0 Å². The van der Waals surface area contributed by atoms with Gasteiger partial charge >= 0.3 is 12.1 Å². The van der Waals surface area contributed by atoms with Crippen molar-refractivity contribution in [3.63, 3.8) is 0 Å². The highest BCUT2D eigenvalue weighted by molar-refractivity contribution is 5.87. The molecular weight excluding hydrogens is 409 g/mol. The number of benzene rings is 3. The number of aromatic carboxylic acids is 1. The van der Waals surface area contributed by atoms with Gasteiger partial charge in [0.25, 0.3) is 0 Å². The summed E-state index contributed by atoms with van der Waals surface area (Å²) < 4.78 is 45.0. The van der Waals surface area contributed by atoms with Crippen molar-refractivity contribution in [3.05, 3.63) is 89.6 Å². The van der Waals surface area contributed by atoms with Crippen molar-refractivity contribution in [2.45, 2.75) is 12.8 Å². The lowest BCUT2D eigenvalue weighted by atomic mass is 10.1. The number of halogens is 3. The Morgan fingerprint density at radius 2 is 1.61 bits per heavy atom. The van der Waals surface area contributed by atoms with Gasteiger partial charge in [-0.3, -0.25) is 0 Å². The molecule has 0 radical (unpaired) electrons. The molecule has 0 aliphatic carbocycles. The number of aromatic nitrogens is 2. The number of fused-ring (bicyclic) bond motifs is 1. The second kappa shape index (κ2) is 8.06. The number of alkyl halides is 3. The van der Waals surface area contributed by atoms with Crippen LogP contribution < -0.4 is 4.74 Å². The Morgan fingerprint density at radius 3 is 2.26 bits per heavy atom. The highest BCUT2D eigenvalue weighted by atomic mass is 19.4. The van der Waals surface area contributed by atoms with Gasteiger partial charge in [0.15, 0.2) is 0 Å². The third-order valence-electron chi connectivity index (χ3n) is 4.59. The zero-order valence-corrected chi connectivity index (χ0v) is 15.9. The zero-order valence-electron chi connectivity index (χ0n) is 15.9. The Hall–Kier alpha value is -3.94. The van der Waals surface area contributed by atoms with Gasteiger partial charge < -0.3 is 9.84 Å². The van der Waals surface area contributed by atoms with Gasteiger partial charge in [-0.1, -0.05) is 30.3 Å². The summed E-state index contributed by atoms with van der Waals surface area (Å²) in [6.45, 7) is 0.000603. The maximum atomic E-state index is 13.1.